The van der Waals surface area contributed by atoms with Crippen LogP contribution in [-0.2, 0) is 9.59 Å². The number of rotatable bonds is 9. The van der Waals surface area contributed by atoms with Gasteiger partial charge in [-0.25, -0.2) is 0 Å². The van der Waals surface area contributed by atoms with Gasteiger partial charge in [-0.05, 0) is 32.0 Å². The summed E-state index contributed by atoms with van der Waals surface area (Å²) in [6.45, 7) is 5.22. The maximum Gasteiger partial charge on any atom is 0.287 e. The van der Waals surface area contributed by atoms with Crippen molar-refractivity contribution in [3.63, 3.8) is 0 Å². The van der Waals surface area contributed by atoms with Crippen LogP contribution >= 0.6 is 11.6 Å². The summed E-state index contributed by atoms with van der Waals surface area (Å²) in [4.78, 5) is 26.2. The van der Waals surface area contributed by atoms with E-state index in [1.165, 1.54) is 7.11 Å². The van der Waals surface area contributed by atoms with Crippen molar-refractivity contribution in [2.75, 3.05) is 32.1 Å². The lowest BCUT2D eigenvalue weighted by Gasteiger charge is -2.26. The van der Waals surface area contributed by atoms with E-state index in [1.807, 2.05) is 44.2 Å². The van der Waals surface area contributed by atoms with Gasteiger partial charge in [0.1, 0.15) is 5.75 Å². The van der Waals surface area contributed by atoms with E-state index in [0.717, 1.165) is 10.5 Å². The molecule has 2 aromatic carbocycles. The van der Waals surface area contributed by atoms with Crippen LogP contribution in [0.1, 0.15) is 25.5 Å². The highest BCUT2D eigenvalue weighted by Crippen LogP contribution is 2.27. The molecule has 0 spiro atoms. The van der Waals surface area contributed by atoms with Gasteiger partial charge in [0.25, 0.3) is 11.8 Å². The number of nitrogens with one attached hydrogen (secondary N) is 3. The van der Waals surface area contributed by atoms with Crippen LogP contribution < -0.4 is 20.3 Å². The molecule has 0 aliphatic rings. The molecule has 0 aromatic heterocycles. The maximum atomic E-state index is 13.2. The van der Waals surface area contributed by atoms with E-state index in [2.05, 4.69) is 10.6 Å². The summed E-state index contributed by atoms with van der Waals surface area (Å²) in [7, 11) is 1.54. The third kappa shape index (κ3) is 5.71. The Labute approximate surface area is 170 Å². The average molecular weight is 405 g/mol. The molecule has 3 N–H and O–H groups in total. The zero-order chi connectivity index (χ0) is 20.5. The number of likely N-dealkylation sites (N-methyl/N-ethyl adjacent to an activating group) is 2. The Hall–Kier alpha value is -2.57. The van der Waals surface area contributed by atoms with Crippen LogP contribution in [0.15, 0.2) is 48.5 Å². The number of hydrogen-bond acceptors (Lipinski definition) is 3. The molecule has 2 amide bonds. The second-order valence-electron chi connectivity index (χ2n) is 6.32. The molecule has 28 heavy (non-hydrogen) atoms. The van der Waals surface area contributed by atoms with E-state index in [4.69, 9.17) is 16.3 Å². The van der Waals surface area contributed by atoms with Gasteiger partial charge in [-0.2, -0.15) is 0 Å². The highest BCUT2D eigenvalue weighted by Gasteiger charge is 2.32. The van der Waals surface area contributed by atoms with Crippen LogP contribution in [-0.4, -0.2) is 38.6 Å². The molecule has 2 rings (SSSR count). The van der Waals surface area contributed by atoms with Gasteiger partial charge in [0.15, 0.2) is 12.6 Å². The Kier molecular flexibility index (Phi) is 8.29. The van der Waals surface area contributed by atoms with Crippen LogP contribution in [0.2, 0.25) is 5.02 Å². The lowest BCUT2D eigenvalue weighted by molar-refractivity contribution is -0.912. The molecular weight excluding hydrogens is 378 g/mol. The van der Waals surface area contributed by atoms with Gasteiger partial charge < -0.3 is 20.3 Å². The first-order chi connectivity index (χ1) is 13.5. The van der Waals surface area contributed by atoms with E-state index in [9.17, 15) is 9.59 Å². The Morgan fingerprint density at radius 3 is 2.43 bits per heavy atom. The molecule has 2 atom stereocenters. The first-order valence-corrected chi connectivity index (χ1v) is 9.68. The van der Waals surface area contributed by atoms with Gasteiger partial charge in [0.2, 0.25) is 0 Å². The Balaban J connectivity index is 2.28. The number of halogens is 1. The number of carbonyl (C=O) groups is 2. The molecule has 0 aliphatic heterocycles. The fourth-order valence-electron chi connectivity index (χ4n) is 3.07. The number of methoxy groups -OCH3 is 1. The quantitative estimate of drug-likeness (QED) is 0.599. The molecule has 2 aromatic rings. The van der Waals surface area contributed by atoms with Gasteiger partial charge in [-0.15, -0.1) is 0 Å². The van der Waals surface area contributed by atoms with E-state index in [0.29, 0.717) is 29.5 Å². The second kappa shape index (κ2) is 10.7. The predicted octanol–water partition coefficient (Wildman–Crippen LogP) is 2.07. The Morgan fingerprint density at radius 2 is 1.86 bits per heavy atom. The van der Waals surface area contributed by atoms with Crippen LogP contribution in [0.25, 0.3) is 0 Å². The highest BCUT2D eigenvalue weighted by atomic mass is 35.5. The number of anilines is 1. The molecule has 0 bridgehead atoms. The zero-order valence-corrected chi connectivity index (χ0v) is 17.2. The topological polar surface area (TPSA) is 71.9 Å². The van der Waals surface area contributed by atoms with E-state index < -0.39 is 6.04 Å². The highest BCUT2D eigenvalue weighted by molar-refractivity contribution is 6.32. The summed E-state index contributed by atoms with van der Waals surface area (Å²) in [5.41, 5.74) is 1.42. The van der Waals surface area contributed by atoms with Gasteiger partial charge >= 0.3 is 0 Å². The van der Waals surface area contributed by atoms with E-state index in [1.54, 1.807) is 18.2 Å². The van der Waals surface area contributed by atoms with Crippen LogP contribution in [0.5, 0.6) is 5.75 Å². The largest absolute Gasteiger partial charge is 0.495 e. The van der Waals surface area contributed by atoms with Crippen molar-refractivity contribution in [1.82, 2.24) is 5.32 Å². The number of carbonyl (C=O) groups excluding carboxylic acids is 2. The smallest absolute Gasteiger partial charge is 0.287 e. The van der Waals surface area contributed by atoms with Crippen molar-refractivity contribution < 1.29 is 19.2 Å². The Bertz CT molecular complexity index is 799. The molecule has 0 fully saturated rings. The molecule has 7 heteroatoms. The van der Waals surface area contributed by atoms with Crippen molar-refractivity contribution >= 4 is 29.1 Å². The first kappa shape index (κ1) is 21.7. The molecule has 0 radical (unpaired) electrons. The summed E-state index contributed by atoms with van der Waals surface area (Å²) in [6, 6.07) is 14.0. The van der Waals surface area contributed by atoms with Crippen molar-refractivity contribution in [2.45, 2.75) is 19.9 Å². The third-order valence-electron chi connectivity index (χ3n) is 4.44. The molecule has 0 saturated heterocycles. The number of amides is 2. The number of ether oxygens (including phenoxy) is 1. The molecular formula is C21H27ClN3O3+. The molecule has 6 nitrogen and oxygen atoms in total. The fraction of sp³-hybridized carbons (Fsp3) is 0.333. The lowest BCUT2D eigenvalue weighted by atomic mass is 10.0. The minimum absolute atomic E-state index is 0.0828. The molecule has 150 valence electrons. The summed E-state index contributed by atoms with van der Waals surface area (Å²) >= 11 is 6.17. The number of hydrogen-bond donors (Lipinski definition) is 3. The SMILES string of the molecule is CCNC(=O)C[NH+](CC)[C@@H](C(=O)Nc1ccc(OC)c(Cl)c1)c1ccccc1. The summed E-state index contributed by atoms with van der Waals surface area (Å²) in [5.74, 6) is 0.255. The fourth-order valence-corrected chi connectivity index (χ4v) is 3.33. The molecule has 0 saturated carbocycles. The van der Waals surface area contributed by atoms with Crippen molar-refractivity contribution in [1.29, 1.82) is 0 Å². The molecule has 0 aliphatic carbocycles. The Morgan fingerprint density at radius 1 is 1.14 bits per heavy atom. The number of benzene rings is 2. The first-order valence-electron chi connectivity index (χ1n) is 9.30. The second-order valence-corrected chi connectivity index (χ2v) is 6.73. The van der Waals surface area contributed by atoms with Crippen molar-refractivity contribution in [3.05, 3.63) is 59.1 Å². The number of quaternary nitrogens is 1. The molecule has 1 unspecified atom stereocenters. The van der Waals surface area contributed by atoms with Crippen molar-refractivity contribution in [2.24, 2.45) is 0 Å². The van der Waals surface area contributed by atoms with Crippen LogP contribution in [0.3, 0.4) is 0 Å². The minimum Gasteiger partial charge on any atom is -0.495 e. The van der Waals surface area contributed by atoms with E-state index >= 15 is 0 Å². The van der Waals surface area contributed by atoms with Crippen LogP contribution in [0, 0.1) is 0 Å². The average Bonchev–Trinajstić information content (AvgIpc) is 2.68. The molecule has 0 heterocycles. The lowest BCUT2D eigenvalue weighted by Crippen LogP contribution is -3.14. The van der Waals surface area contributed by atoms with E-state index in [-0.39, 0.29) is 18.4 Å². The van der Waals surface area contributed by atoms with Gasteiger partial charge in [-0.1, -0.05) is 41.9 Å². The van der Waals surface area contributed by atoms with Gasteiger partial charge in [-0.3, -0.25) is 9.59 Å². The summed E-state index contributed by atoms with van der Waals surface area (Å²) in [5, 5.41) is 6.14. The predicted molar refractivity (Wildman–Crippen MR) is 111 cm³/mol. The van der Waals surface area contributed by atoms with Gasteiger partial charge in [0.05, 0.1) is 18.7 Å². The van der Waals surface area contributed by atoms with Crippen molar-refractivity contribution in [3.8, 4) is 5.75 Å². The monoisotopic (exact) mass is 404 g/mol. The summed E-state index contributed by atoms with van der Waals surface area (Å²) in [6.07, 6.45) is 0. The maximum absolute atomic E-state index is 13.2. The normalized spacial score (nSPS) is 12.7. The summed E-state index contributed by atoms with van der Waals surface area (Å²) < 4.78 is 5.15. The van der Waals surface area contributed by atoms with Crippen LogP contribution in [0.4, 0.5) is 5.69 Å². The zero-order valence-electron chi connectivity index (χ0n) is 16.4. The third-order valence-corrected chi connectivity index (χ3v) is 4.73. The van der Waals surface area contributed by atoms with Gasteiger partial charge in [0, 0.05) is 17.8 Å². The minimum atomic E-state index is -0.533. The standard InChI is InChI=1S/C21H26ClN3O3/c1-4-23-19(26)14-25(5-2)20(15-9-7-6-8-10-15)21(27)24-16-11-12-18(28-3)17(22)13-16/h6-13,20H,4-5,14H2,1-3H3,(H,23,26)(H,24,27)/p+1/t20-/m1/s1.